The Balaban J connectivity index is 1.67. The van der Waals surface area contributed by atoms with E-state index in [1.54, 1.807) is 0 Å². The van der Waals surface area contributed by atoms with Crippen LogP contribution in [0.3, 0.4) is 0 Å². The molecule has 0 saturated heterocycles. The lowest BCUT2D eigenvalue weighted by molar-refractivity contribution is 0.240. The summed E-state index contributed by atoms with van der Waals surface area (Å²) in [7, 11) is 0. The third-order valence-electron chi connectivity index (χ3n) is 4.66. The van der Waals surface area contributed by atoms with Crippen LogP contribution in [0.25, 0.3) is 0 Å². The topological polar surface area (TPSA) is 29.3 Å². The number of nitrogens with two attached hydrogens (primary N) is 1. The smallest absolute Gasteiger partial charge is 0.0314 e. The lowest BCUT2D eigenvalue weighted by Gasteiger charge is -2.27. The largest absolute Gasteiger partial charge is 0.399 e. The molecule has 3 rings (SSSR count). The van der Waals surface area contributed by atoms with Gasteiger partial charge in [0.05, 0.1) is 0 Å². The summed E-state index contributed by atoms with van der Waals surface area (Å²) in [6.07, 6.45) is 6.87. The number of benzene rings is 1. The number of nitrogen functional groups attached to an aromatic ring is 1. The third-order valence-corrected chi connectivity index (χ3v) is 4.66. The van der Waals surface area contributed by atoms with Crippen molar-refractivity contribution in [3.8, 4) is 0 Å². The zero-order valence-electron chi connectivity index (χ0n) is 12.1. The third kappa shape index (κ3) is 3.11. The predicted octanol–water partition coefficient (Wildman–Crippen LogP) is 3.42. The number of anilines is 1. The average Bonchev–Trinajstić information content (AvgIpc) is 3.28. The van der Waals surface area contributed by atoms with Crippen LogP contribution in [-0.4, -0.2) is 24.5 Å². The first-order chi connectivity index (χ1) is 9.22. The Hall–Kier alpha value is -1.02. The van der Waals surface area contributed by atoms with Crippen LogP contribution in [0.2, 0.25) is 0 Å². The van der Waals surface area contributed by atoms with E-state index in [2.05, 4.69) is 36.1 Å². The van der Waals surface area contributed by atoms with Crippen molar-refractivity contribution in [1.29, 1.82) is 0 Å². The molecule has 0 heterocycles. The first-order valence-corrected chi connectivity index (χ1v) is 7.80. The summed E-state index contributed by atoms with van der Waals surface area (Å²) in [6, 6.07) is 8.59. The van der Waals surface area contributed by atoms with Crippen molar-refractivity contribution in [3.63, 3.8) is 0 Å². The quantitative estimate of drug-likeness (QED) is 0.759. The Labute approximate surface area is 117 Å². The van der Waals surface area contributed by atoms with Gasteiger partial charge in [-0.1, -0.05) is 19.1 Å². The van der Waals surface area contributed by atoms with E-state index in [-0.39, 0.29) is 0 Å². The molecule has 19 heavy (non-hydrogen) atoms. The molecule has 1 aromatic rings. The van der Waals surface area contributed by atoms with E-state index in [1.165, 1.54) is 57.3 Å². The van der Waals surface area contributed by atoms with E-state index in [4.69, 9.17) is 5.73 Å². The summed E-state index contributed by atoms with van der Waals surface area (Å²) >= 11 is 0. The van der Waals surface area contributed by atoms with Crippen LogP contribution in [0.1, 0.15) is 44.6 Å². The Morgan fingerprint density at radius 1 is 1.21 bits per heavy atom. The number of nitrogens with zero attached hydrogens (tertiary/aromatic N) is 1. The second kappa shape index (κ2) is 5.16. The number of rotatable bonds is 7. The second-order valence-corrected chi connectivity index (χ2v) is 6.58. The van der Waals surface area contributed by atoms with Gasteiger partial charge >= 0.3 is 0 Å². The highest BCUT2D eigenvalue weighted by atomic mass is 15.1. The zero-order chi connectivity index (χ0) is 13.3. The molecule has 2 aliphatic rings. The maximum Gasteiger partial charge on any atom is 0.0314 e. The average molecular weight is 258 g/mol. The number of hydrogen-bond donors (Lipinski definition) is 1. The zero-order valence-corrected chi connectivity index (χ0v) is 12.1. The van der Waals surface area contributed by atoms with Gasteiger partial charge < -0.3 is 10.6 Å². The summed E-state index contributed by atoms with van der Waals surface area (Å²) in [4.78, 5) is 2.71. The van der Waals surface area contributed by atoms with E-state index in [0.717, 1.165) is 11.6 Å². The van der Waals surface area contributed by atoms with Gasteiger partial charge in [-0.2, -0.15) is 0 Å². The van der Waals surface area contributed by atoms with Crippen LogP contribution < -0.4 is 5.73 Å². The highest BCUT2D eigenvalue weighted by molar-refractivity contribution is 5.43. The van der Waals surface area contributed by atoms with E-state index in [0.29, 0.717) is 5.41 Å². The van der Waals surface area contributed by atoms with Crippen LogP contribution in [0, 0.1) is 5.92 Å². The van der Waals surface area contributed by atoms with Gasteiger partial charge in [0.15, 0.2) is 0 Å². The van der Waals surface area contributed by atoms with Gasteiger partial charge in [-0.15, -0.1) is 0 Å². The SMILES string of the molecule is CCCN(CC1CC1)CC1(c2ccc(N)cc2)CC1. The molecule has 2 aliphatic carbocycles. The fraction of sp³-hybridized carbons (Fsp3) is 0.647. The van der Waals surface area contributed by atoms with Gasteiger partial charge in [-0.25, -0.2) is 0 Å². The Kier molecular flexibility index (Phi) is 3.53. The highest BCUT2D eigenvalue weighted by Crippen LogP contribution is 2.49. The molecule has 0 aromatic heterocycles. The lowest BCUT2D eigenvalue weighted by Crippen LogP contribution is -2.34. The first kappa shape index (κ1) is 13.0. The summed E-state index contributed by atoms with van der Waals surface area (Å²) in [5.74, 6) is 0.994. The van der Waals surface area contributed by atoms with Gasteiger partial charge in [0.1, 0.15) is 0 Å². The van der Waals surface area contributed by atoms with Crippen molar-refractivity contribution >= 4 is 5.69 Å². The standard InChI is InChI=1S/C17H26N2/c1-2-11-19(12-14-3-4-14)13-17(9-10-17)15-5-7-16(18)8-6-15/h5-8,14H,2-4,9-13,18H2,1H3. The molecule has 2 nitrogen and oxygen atoms in total. The van der Waals surface area contributed by atoms with Crippen molar-refractivity contribution < 1.29 is 0 Å². The molecular weight excluding hydrogens is 232 g/mol. The second-order valence-electron chi connectivity index (χ2n) is 6.58. The highest BCUT2D eigenvalue weighted by Gasteiger charge is 2.45. The van der Waals surface area contributed by atoms with Crippen molar-refractivity contribution in [3.05, 3.63) is 29.8 Å². The lowest BCUT2D eigenvalue weighted by atomic mass is 9.95. The maximum atomic E-state index is 5.80. The minimum absolute atomic E-state index is 0.442. The Morgan fingerprint density at radius 3 is 2.42 bits per heavy atom. The molecule has 2 heteroatoms. The van der Waals surface area contributed by atoms with Crippen LogP contribution in [0.15, 0.2) is 24.3 Å². The van der Waals surface area contributed by atoms with E-state index in [9.17, 15) is 0 Å². The molecule has 0 spiro atoms. The molecule has 0 radical (unpaired) electrons. The van der Waals surface area contributed by atoms with Gasteiger partial charge in [0.2, 0.25) is 0 Å². The fourth-order valence-electron chi connectivity index (χ4n) is 3.17. The molecule has 2 saturated carbocycles. The molecule has 0 aliphatic heterocycles. The van der Waals surface area contributed by atoms with Crippen LogP contribution in [0.5, 0.6) is 0 Å². The molecular formula is C17H26N2. The molecule has 0 unspecified atom stereocenters. The molecule has 104 valence electrons. The summed E-state index contributed by atoms with van der Waals surface area (Å²) in [6.45, 7) is 6.13. The van der Waals surface area contributed by atoms with Crippen molar-refractivity contribution in [2.75, 3.05) is 25.4 Å². The molecule has 0 amide bonds. The first-order valence-electron chi connectivity index (χ1n) is 7.80. The molecule has 0 bridgehead atoms. The summed E-state index contributed by atoms with van der Waals surface area (Å²) in [5, 5.41) is 0. The number of hydrogen-bond acceptors (Lipinski definition) is 2. The normalized spacial score (nSPS) is 20.7. The van der Waals surface area contributed by atoms with Gasteiger partial charge in [0, 0.05) is 24.2 Å². The van der Waals surface area contributed by atoms with Crippen LogP contribution in [-0.2, 0) is 5.41 Å². The van der Waals surface area contributed by atoms with E-state index >= 15 is 0 Å². The molecule has 2 fully saturated rings. The predicted molar refractivity (Wildman–Crippen MR) is 81.2 cm³/mol. The van der Waals surface area contributed by atoms with Crippen molar-refractivity contribution in [1.82, 2.24) is 4.90 Å². The minimum atomic E-state index is 0.442. The fourth-order valence-corrected chi connectivity index (χ4v) is 3.17. The van der Waals surface area contributed by atoms with Gasteiger partial charge in [-0.3, -0.25) is 0 Å². The van der Waals surface area contributed by atoms with Gasteiger partial charge in [0.25, 0.3) is 0 Å². The van der Waals surface area contributed by atoms with Crippen molar-refractivity contribution in [2.24, 2.45) is 5.92 Å². The Bertz CT molecular complexity index is 415. The van der Waals surface area contributed by atoms with Crippen LogP contribution in [0.4, 0.5) is 5.69 Å². The molecule has 0 atom stereocenters. The van der Waals surface area contributed by atoms with Gasteiger partial charge in [-0.05, 0) is 62.3 Å². The Morgan fingerprint density at radius 2 is 1.89 bits per heavy atom. The van der Waals surface area contributed by atoms with Crippen LogP contribution >= 0.6 is 0 Å². The summed E-state index contributed by atoms with van der Waals surface area (Å²) < 4.78 is 0. The van der Waals surface area contributed by atoms with Crippen molar-refractivity contribution in [2.45, 2.75) is 44.4 Å². The molecule has 2 N–H and O–H groups in total. The maximum absolute atomic E-state index is 5.80. The monoisotopic (exact) mass is 258 g/mol. The van der Waals surface area contributed by atoms with E-state index < -0.39 is 0 Å². The summed E-state index contributed by atoms with van der Waals surface area (Å²) in [5.41, 5.74) is 8.62. The molecule has 1 aromatic carbocycles. The van der Waals surface area contributed by atoms with E-state index in [1.807, 2.05) is 0 Å². The minimum Gasteiger partial charge on any atom is -0.399 e.